The van der Waals surface area contributed by atoms with Crippen molar-refractivity contribution in [2.45, 2.75) is 58.2 Å². The van der Waals surface area contributed by atoms with Crippen molar-refractivity contribution in [3.8, 4) is 0 Å². The fourth-order valence-corrected chi connectivity index (χ4v) is 3.83. The van der Waals surface area contributed by atoms with E-state index in [1.54, 1.807) is 10.4 Å². The van der Waals surface area contributed by atoms with Crippen LogP contribution >= 0.6 is 0 Å². The van der Waals surface area contributed by atoms with E-state index in [0.717, 1.165) is 25.0 Å². The number of nitrogens with zero attached hydrogens (tertiary/aromatic N) is 1. The van der Waals surface area contributed by atoms with E-state index in [2.05, 4.69) is 5.32 Å². The Morgan fingerprint density at radius 1 is 1.22 bits per heavy atom. The van der Waals surface area contributed by atoms with Gasteiger partial charge in [0, 0.05) is 32.0 Å². The van der Waals surface area contributed by atoms with Crippen molar-refractivity contribution in [2.24, 2.45) is 11.8 Å². The summed E-state index contributed by atoms with van der Waals surface area (Å²) in [5.74, 6) is -2.08. The van der Waals surface area contributed by atoms with Crippen LogP contribution in [0.1, 0.15) is 56.6 Å². The molecule has 1 aliphatic rings. The molecule has 3 N–H and O–H groups in total. The fraction of sp³-hybridized carbons (Fsp3) is 0.591. The number of rotatable bonds is 9. The maximum absolute atomic E-state index is 13.0. The summed E-state index contributed by atoms with van der Waals surface area (Å²) in [7, 11) is 0. The number of amides is 3. The van der Waals surface area contributed by atoms with Gasteiger partial charge in [0.25, 0.3) is 0 Å². The van der Waals surface area contributed by atoms with Gasteiger partial charge in [-0.25, -0.2) is 5.48 Å². The minimum Gasteiger partial charge on any atom is -0.352 e. The van der Waals surface area contributed by atoms with Crippen LogP contribution in [0.3, 0.4) is 0 Å². The highest BCUT2D eigenvalue weighted by atomic mass is 19.4. The Morgan fingerprint density at radius 3 is 2.50 bits per heavy atom. The van der Waals surface area contributed by atoms with E-state index in [-0.39, 0.29) is 31.3 Å². The van der Waals surface area contributed by atoms with Gasteiger partial charge in [0.15, 0.2) is 0 Å². The van der Waals surface area contributed by atoms with Gasteiger partial charge in [0.05, 0.1) is 11.5 Å². The maximum atomic E-state index is 13.0. The van der Waals surface area contributed by atoms with Crippen molar-refractivity contribution in [2.75, 3.05) is 13.1 Å². The Kier molecular flexibility index (Phi) is 9.49. The van der Waals surface area contributed by atoms with Gasteiger partial charge >= 0.3 is 6.18 Å². The number of carbonyl (C=O) groups excluding carboxylic acids is 3. The molecule has 0 radical (unpaired) electrons. The predicted molar refractivity (Wildman–Crippen MR) is 110 cm³/mol. The van der Waals surface area contributed by atoms with E-state index in [1.807, 2.05) is 6.92 Å². The minimum absolute atomic E-state index is 0.0945. The number of benzene rings is 1. The lowest BCUT2D eigenvalue weighted by Gasteiger charge is -2.34. The predicted octanol–water partition coefficient (Wildman–Crippen LogP) is 3.26. The highest BCUT2D eigenvalue weighted by molar-refractivity contribution is 5.86. The van der Waals surface area contributed by atoms with E-state index in [9.17, 15) is 27.6 Å². The number of alkyl halides is 3. The lowest BCUT2D eigenvalue weighted by molar-refractivity contribution is -0.143. The molecular formula is C22H30F3N3O4. The van der Waals surface area contributed by atoms with Crippen molar-refractivity contribution >= 4 is 17.7 Å². The third kappa shape index (κ3) is 7.51. The molecule has 1 aromatic rings. The Morgan fingerprint density at radius 2 is 1.91 bits per heavy atom. The molecule has 0 saturated carbocycles. The highest BCUT2D eigenvalue weighted by Gasteiger charge is 2.33. The SMILES string of the molecule is CCCC[C@H](CC(=O)NO)C(=O)N1CCCC(C(=O)NCc2ccc(C(F)(F)F)cc2)C1. The number of nitrogens with one attached hydrogen (secondary N) is 2. The molecule has 32 heavy (non-hydrogen) atoms. The number of carbonyl (C=O) groups is 3. The van der Waals surface area contributed by atoms with Crippen molar-refractivity contribution in [1.82, 2.24) is 15.7 Å². The second-order valence-corrected chi connectivity index (χ2v) is 8.11. The van der Waals surface area contributed by atoms with Crippen LogP contribution in [0.5, 0.6) is 0 Å². The van der Waals surface area contributed by atoms with E-state index < -0.39 is 29.5 Å². The first-order chi connectivity index (χ1) is 15.2. The minimum atomic E-state index is -4.41. The standard InChI is InChI=1S/C22H30F3N3O4/c1-2-3-5-16(12-19(29)27-32)21(31)28-11-4-6-17(14-28)20(30)26-13-15-7-9-18(10-8-15)22(23,24)25/h7-10,16-17,32H,2-6,11-14H2,1H3,(H,26,30)(H,27,29)/t16-,17?/m1/s1. The number of hydrogen-bond acceptors (Lipinski definition) is 4. The van der Waals surface area contributed by atoms with Crippen LogP contribution in [0.2, 0.25) is 0 Å². The number of likely N-dealkylation sites (tertiary alicyclic amines) is 1. The first-order valence-electron chi connectivity index (χ1n) is 10.8. The normalized spacial score (nSPS) is 17.5. The molecule has 7 nitrogen and oxygen atoms in total. The van der Waals surface area contributed by atoms with Crippen molar-refractivity contribution in [3.63, 3.8) is 0 Å². The number of piperidine rings is 1. The fourth-order valence-electron chi connectivity index (χ4n) is 3.83. The molecule has 178 valence electrons. The van der Waals surface area contributed by atoms with Gasteiger partial charge in [-0.15, -0.1) is 0 Å². The molecule has 0 aliphatic carbocycles. The van der Waals surface area contributed by atoms with Crippen LogP contribution in [0.4, 0.5) is 13.2 Å². The Labute approximate surface area is 185 Å². The van der Waals surface area contributed by atoms with Crippen LogP contribution in [0, 0.1) is 11.8 Å². The van der Waals surface area contributed by atoms with Gasteiger partial charge in [-0.1, -0.05) is 31.9 Å². The average molecular weight is 457 g/mol. The highest BCUT2D eigenvalue weighted by Crippen LogP contribution is 2.29. The molecule has 1 aromatic carbocycles. The first kappa shape index (κ1) is 25.6. The molecule has 1 heterocycles. The van der Waals surface area contributed by atoms with E-state index in [4.69, 9.17) is 5.21 Å². The zero-order chi connectivity index (χ0) is 23.7. The van der Waals surface area contributed by atoms with Crippen LogP contribution in [0.15, 0.2) is 24.3 Å². The van der Waals surface area contributed by atoms with Crippen LogP contribution < -0.4 is 10.8 Å². The molecule has 2 atom stereocenters. The molecule has 10 heteroatoms. The summed E-state index contributed by atoms with van der Waals surface area (Å²) in [5.41, 5.74) is 1.36. The Bertz CT molecular complexity index is 784. The van der Waals surface area contributed by atoms with Crippen molar-refractivity contribution in [3.05, 3.63) is 35.4 Å². The summed E-state index contributed by atoms with van der Waals surface area (Å²) < 4.78 is 38.0. The van der Waals surface area contributed by atoms with E-state index >= 15 is 0 Å². The van der Waals surface area contributed by atoms with Crippen LogP contribution in [0.25, 0.3) is 0 Å². The van der Waals surface area contributed by atoms with Crippen LogP contribution in [-0.2, 0) is 27.1 Å². The summed E-state index contributed by atoms with van der Waals surface area (Å²) >= 11 is 0. The number of hydrogen-bond donors (Lipinski definition) is 3. The smallest absolute Gasteiger partial charge is 0.352 e. The molecule has 3 amide bonds. The average Bonchev–Trinajstić information content (AvgIpc) is 2.79. The van der Waals surface area contributed by atoms with Crippen molar-refractivity contribution in [1.29, 1.82) is 0 Å². The molecule has 1 saturated heterocycles. The summed E-state index contributed by atoms with van der Waals surface area (Å²) in [6, 6.07) is 4.59. The van der Waals surface area contributed by atoms with Crippen LogP contribution in [-0.4, -0.2) is 40.9 Å². The molecule has 0 aromatic heterocycles. The van der Waals surface area contributed by atoms with Gasteiger partial charge in [-0.05, 0) is 37.0 Å². The molecule has 0 spiro atoms. The maximum Gasteiger partial charge on any atom is 0.416 e. The second kappa shape index (κ2) is 11.8. The monoisotopic (exact) mass is 457 g/mol. The lowest BCUT2D eigenvalue weighted by atomic mass is 9.92. The van der Waals surface area contributed by atoms with Gasteiger partial charge in [0.1, 0.15) is 0 Å². The number of halogens is 3. The topological polar surface area (TPSA) is 98.7 Å². The number of unbranched alkanes of at least 4 members (excludes halogenated alkanes) is 1. The lowest BCUT2D eigenvalue weighted by Crippen LogP contribution is -2.47. The quantitative estimate of drug-likeness (QED) is 0.392. The molecule has 1 fully saturated rings. The summed E-state index contributed by atoms with van der Waals surface area (Å²) in [6.07, 6.45) is -1.15. The summed E-state index contributed by atoms with van der Waals surface area (Å²) in [5, 5.41) is 11.5. The Hall–Kier alpha value is -2.62. The summed E-state index contributed by atoms with van der Waals surface area (Å²) in [4.78, 5) is 38.7. The van der Waals surface area contributed by atoms with Gasteiger partial charge in [-0.2, -0.15) is 13.2 Å². The van der Waals surface area contributed by atoms with Crippen molar-refractivity contribution < 1.29 is 32.8 Å². The zero-order valence-corrected chi connectivity index (χ0v) is 18.1. The van der Waals surface area contributed by atoms with Gasteiger partial charge in [0.2, 0.25) is 17.7 Å². The van der Waals surface area contributed by atoms with Gasteiger partial charge in [-0.3, -0.25) is 19.6 Å². The van der Waals surface area contributed by atoms with E-state index in [0.29, 0.717) is 31.4 Å². The second-order valence-electron chi connectivity index (χ2n) is 8.11. The third-order valence-corrected chi connectivity index (χ3v) is 5.66. The Balaban J connectivity index is 1.93. The summed E-state index contributed by atoms with van der Waals surface area (Å²) in [6.45, 7) is 2.79. The van der Waals surface area contributed by atoms with Gasteiger partial charge < -0.3 is 10.2 Å². The third-order valence-electron chi connectivity index (χ3n) is 5.66. The number of hydroxylamine groups is 1. The molecule has 1 aliphatic heterocycles. The van der Waals surface area contributed by atoms with E-state index in [1.165, 1.54) is 12.1 Å². The largest absolute Gasteiger partial charge is 0.416 e. The molecular weight excluding hydrogens is 427 g/mol. The first-order valence-corrected chi connectivity index (χ1v) is 10.8. The molecule has 1 unspecified atom stereocenters. The molecule has 0 bridgehead atoms. The zero-order valence-electron chi connectivity index (χ0n) is 18.1. The molecule has 2 rings (SSSR count).